The second-order valence-corrected chi connectivity index (χ2v) is 4.45. The van der Waals surface area contributed by atoms with Crippen molar-refractivity contribution >= 4 is 18.1 Å². The Balaban J connectivity index is 1.83. The van der Waals surface area contributed by atoms with Gasteiger partial charge >= 0.3 is 5.97 Å². The van der Waals surface area contributed by atoms with Gasteiger partial charge in [-0.1, -0.05) is 22.0 Å². The summed E-state index contributed by atoms with van der Waals surface area (Å²) >= 11 is 0. The number of carbonyl (C=O) groups is 1. The number of nitrogens with two attached hydrogens (primary N) is 1. The predicted octanol–water partition coefficient (Wildman–Crippen LogP) is 1.18. The Labute approximate surface area is 130 Å². The number of nitrogen functional groups attached to an aromatic ring is 1. The summed E-state index contributed by atoms with van der Waals surface area (Å²) in [6.45, 7) is 0. The maximum absolute atomic E-state index is 11.6. The van der Waals surface area contributed by atoms with E-state index in [1.807, 2.05) is 6.07 Å². The number of hydrogen-bond donors (Lipinski definition) is 1. The summed E-state index contributed by atoms with van der Waals surface area (Å²) in [5, 5.41) is 14.4. The molecule has 23 heavy (non-hydrogen) atoms. The normalized spacial score (nSPS) is 11.0. The maximum atomic E-state index is 11.6. The number of benzene rings is 1. The van der Waals surface area contributed by atoms with Gasteiger partial charge in [0, 0.05) is 5.56 Å². The molecular weight excluding hydrogens is 300 g/mol. The number of esters is 1. The first kappa shape index (κ1) is 14.4. The highest BCUT2D eigenvalue weighted by molar-refractivity contribution is 5.90. The van der Waals surface area contributed by atoms with Gasteiger partial charge in [0.2, 0.25) is 0 Å². The summed E-state index contributed by atoms with van der Waals surface area (Å²) in [6.07, 6.45) is 1.43. The Morgan fingerprint density at radius 2 is 2.26 bits per heavy atom. The summed E-state index contributed by atoms with van der Waals surface area (Å²) in [4.78, 5) is 12.6. The lowest BCUT2D eigenvalue weighted by atomic mass is 10.1. The Morgan fingerprint density at radius 1 is 1.39 bits per heavy atom. The van der Waals surface area contributed by atoms with Gasteiger partial charge < -0.3 is 14.9 Å². The van der Waals surface area contributed by atoms with Crippen molar-refractivity contribution in [2.24, 2.45) is 5.10 Å². The Morgan fingerprint density at radius 3 is 3.00 bits per heavy atom. The predicted molar refractivity (Wildman–Crippen MR) is 80.7 cm³/mol. The Bertz CT molecular complexity index is 867. The zero-order valence-corrected chi connectivity index (χ0v) is 12.1. The first-order valence-corrected chi connectivity index (χ1v) is 6.54. The molecule has 2 heterocycles. The molecule has 116 valence electrons. The summed E-state index contributed by atoms with van der Waals surface area (Å²) < 4.78 is 10.4. The first-order valence-electron chi connectivity index (χ1n) is 6.54. The van der Waals surface area contributed by atoms with Gasteiger partial charge in [0.05, 0.1) is 18.9 Å². The lowest BCUT2D eigenvalue weighted by molar-refractivity contribution is 0.0601. The number of ether oxygens (including phenoxy) is 1. The van der Waals surface area contributed by atoms with Crippen molar-refractivity contribution in [3.8, 4) is 11.3 Å². The summed E-state index contributed by atoms with van der Waals surface area (Å²) in [6, 6.07) is 10.4. The van der Waals surface area contributed by atoms with Crippen LogP contribution in [0.15, 0.2) is 45.9 Å². The van der Waals surface area contributed by atoms with Crippen LogP contribution < -0.4 is 5.73 Å². The third-order valence-corrected chi connectivity index (χ3v) is 2.97. The number of nitrogens with zero attached hydrogens (tertiary/aromatic N) is 5. The number of hydrogen-bond acceptors (Lipinski definition) is 8. The van der Waals surface area contributed by atoms with Gasteiger partial charge in [-0.15, -0.1) is 0 Å². The van der Waals surface area contributed by atoms with Crippen molar-refractivity contribution in [2.45, 2.75) is 0 Å². The highest BCUT2D eigenvalue weighted by Gasteiger charge is 2.09. The van der Waals surface area contributed by atoms with Crippen LogP contribution in [0.25, 0.3) is 11.3 Å². The van der Waals surface area contributed by atoms with Crippen LogP contribution in [0.2, 0.25) is 0 Å². The van der Waals surface area contributed by atoms with E-state index in [-0.39, 0.29) is 5.95 Å². The fourth-order valence-electron chi connectivity index (χ4n) is 1.88. The minimum Gasteiger partial charge on any atom is -0.465 e. The van der Waals surface area contributed by atoms with Gasteiger partial charge in [0.1, 0.15) is 11.5 Å². The first-order chi connectivity index (χ1) is 11.2. The highest BCUT2D eigenvalue weighted by Crippen LogP contribution is 2.23. The topological polar surface area (TPSA) is 121 Å². The minimum atomic E-state index is -0.408. The molecule has 0 saturated heterocycles. The van der Waals surface area contributed by atoms with Crippen LogP contribution in [0.1, 0.15) is 16.1 Å². The average molecular weight is 312 g/mol. The van der Waals surface area contributed by atoms with Crippen molar-refractivity contribution in [2.75, 3.05) is 12.8 Å². The molecule has 9 nitrogen and oxygen atoms in total. The van der Waals surface area contributed by atoms with E-state index in [1.165, 1.54) is 13.3 Å². The number of tetrazole rings is 1. The molecule has 2 N–H and O–H groups in total. The van der Waals surface area contributed by atoms with Gasteiger partial charge in [-0.05, 0) is 34.7 Å². The molecule has 0 bridgehead atoms. The smallest absolute Gasteiger partial charge is 0.337 e. The summed E-state index contributed by atoms with van der Waals surface area (Å²) in [5.41, 5.74) is 6.69. The fourth-order valence-corrected chi connectivity index (χ4v) is 1.88. The van der Waals surface area contributed by atoms with E-state index in [0.29, 0.717) is 17.1 Å². The minimum absolute atomic E-state index is 0.0683. The molecule has 3 aromatic rings. The van der Waals surface area contributed by atoms with Crippen LogP contribution in [0.5, 0.6) is 0 Å². The molecule has 0 radical (unpaired) electrons. The van der Waals surface area contributed by atoms with Gasteiger partial charge in [-0.3, -0.25) is 0 Å². The SMILES string of the molecule is COC(=O)c1cccc(-c2ccc(C=Nn3nnnc3N)o2)c1. The van der Waals surface area contributed by atoms with E-state index >= 15 is 0 Å². The molecule has 0 aliphatic rings. The van der Waals surface area contributed by atoms with Crippen LogP contribution in [0.4, 0.5) is 5.95 Å². The molecule has 0 saturated carbocycles. The second-order valence-electron chi connectivity index (χ2n) is 4.45. The molecule has 2 aromatic heterocycles. The van der Waals surface area contributed by atoms with Gasteiger partial charge in [-0.2, -0.15) is 5.10 Å². The number of aromatic nitrogens is 4. The molecule has 0 unspecified atom stereocenters. The van der Waals surface area contributed by atoms with Crippen LogP contribution in [-0.4, -0.2) is 39.6 Å². The molecule has 0 fully saturated rings. The van der Waals surface area contributed by atoms with E-state index in [0.717, 1.165) is 10.4 Å². The Kier molecular flexibility index (Phi) is 3.83. The molecule has 1 aromatic carbocycles. The van der Waals surface area contributed by atoms with Crippen LogP contribution in [-0.2, 0) is 4.74 Å². The van der Waals surface area contributed by atoms with Crippen molar-refractivity contribution < 1.29 is 13.9 Å². The second kappa shape index (κ2) is 6.10. The third kappa shape index (κ3) is 3.07. The zero-order valence-electron chi connectivity index (χ0n) is 12.1. The van der Waals surface area contributed by atoms with E-state index in [9.17, 15) is 4.79 Å². The molecule has 0 aliphatic carbocycles. The lowest BCUT2D eigenvalue weighted by Gasteiger charge is -2.01. The van der Waals surface area contributed by atoms with Gasteiger partial charge in [0.25, 0.3) is 5.95 Å². The number of rotatable bonds is 4. The van der Waals surface area contributed by atoms with Crippen molar-refractivity contribution in [1.82, 2.24) is 20.3 Å². The number of carbonyl (C=O) groups excluding carboxylic acids is 1. The van der Waals surface area contributed by atoms with Crippen molar-refractivity contribution in [1.29, 1.82) is 0 Å². The number of furan rings is 1. The summed E-state index contributed by atoms with van der Waals surface area (Å²) in [7, 11) is 1.33. The average Bonchev–Trinajstić information content (AvgIpc) is 3.21. The maximum Gasteiger partial charge on any atom is 0.337 e. The standard InChI is InChI=1S/C14H12N6O3/c1-22-13(21)10-4-2-3-9(7-10)12-6-5-11(23-12)8-16-20-14(15)17-18-19-20/h2-8H,1H3,(H2,15,17,19). The quantitative estimate of drug-likeness (QED) is 0.567. The monoisotopic (exact) mass is 312 g/mol. The number of anilines is 1. The molecule has 3 rings (SSSR count). The lowest BCUT2D eigenvalue weighted by Crippen LogP contribution is -2.00. The molecule has 0 aliphatic heterocycles. The highest BCUT2D eigenvalue weighted by atomic mass is 16.5. The largest absolute Gasteiger partial charge is 0.465 e. The fraction of sp³-hybridized carbons (Fsp3) is 0.0714. The number of methoxy groups -OCH3 is 1. The van der Waals surface area contributed by atoms with Gasteiger partial charge in [-0.25, -0.2) is 4.79 Å². The molecular formula is C14H12N6O3. The molecule has 9 heteroatoms. The van der Waals surface area contributed by atoms with E-state index < -0.39 is 5.97 Å². The van der Waals surface area contributed by atoms with E-state index in [1.54, 1.807) is 30.3 Å². The van der Waals surface area contributed by atoms with Crippen LogP contribution >= 0.6 is 0 Å². The van der Waals surface area contributed by atoms with E-state index in [4.69, 9.17) is 14.9 Å². The Hall–Kier alpha value is -3.49. The van der Waals surface area contributed by atoms with Crippen molar-refractivity contribution in [3.63, 3.8) is 0 Å². The van der Waals surface area contributed by atoms with Crippen LogP contribution in [0, 0.1) is 0 Å². The zero-order chi connectivity index (χ0) is 16.2. The summed E-state index contributed by atoms with van der Waals surface area (Å²) in [5.74, 6) is 0.730. The third-order valence-electron chi connectivity index (χ3n) is 2.97. The molecule has 0 atom stereocenters. The molecule has 0 spiro atoms. The van der Waals surface area contributed by atoms with E-state index in [2.05, 4.69) is 20.6 Å². The van der Waals surface area contributed by atoms with Crippen molar-refractivity contribution in [3.05, 3.63) is 47.7 Å². The molecule has 0 amide bonds. The van der Waals surface area contributed by atoms with Gasteiger partial charge in [0.15, 0.2) is 0 Å². The van der Waals surface area contributed by atoms with Crippen LogP contribution in [0.3, 0.4) is 0 Å².